The molecule has 0 aliphatic heterocycles. The number of carbonyl (C=O) groups is 2. The number of methoxy groups -OCH3 is 1. The number of esters is 1. The summed E-state index contributed by atoms with van der Waals surface area (Å²) in [6, 6.07) is 12.2. The summed E-state index contributed by atoms with van der Waals surface area (Å²) >= 11 is 0. The van der Waals surface area contributed by atoms with E-state index in [9.17, 15) is 9.59 Å². The molecule has 0 radical (unpaired) electrons. The lowest BCUT2D eigenvalue weighted by Crippen LogP contribution is -2.35. The minimum absolute atomic E-state index is 0.287. The van der Waals surface area contributed by atoms with Crippen LogP contribution in [-0.2, 0) is 16.1 Å². The average molecular weight is 430 g/mol. The number of hydrogen-bond donors (Lipinski definition) is 1. The zero-order valence-corrected chi connectivity index (χ0v) is 18.8. The first-order valence-corrected chi connectivity index (χ1v) is 10.3. The summed E-state index contributed by atoms with van der Waals surface area (Å²) in [7, 11) is 1.59. The van der Waals surface area contributed by atoms with Crippen LogP contribution >= 0.6 is 0 Å². The van der Waals surface area contributed by atoms with Crippen LogP contribution in [0.5, 0.6) is 17.2 Å². The average Bonchev–Trinajstić information content (AvgIpc) is 2.76. The summed E-state index contributed by atoms with van der Waals surface area (Å²) in [5, 5.41) is 2.76. The topological polar surface area (TPSA) is 83.1 Å². The van der Waals surface area contributed by atoms with Gasteiger partial charge in [0.2, 0.25) is 0 Å². The molecule has 7 nitrogen and oxygen atoms in total. The highest BCUT2D eigenvalue weighted by Gasteiger charge is 2.20. The predicted octanol–water partition coefficient (Wildman–Crippen LogP) is 3.99. The summed E-state index contributed by atoms with van der Waals surface area (Å²) in [6.45, 7) is 8.77. The molecule has 0 bridgehead atoms. The fraction of sp³-hybridized carbons (Fsp3) is 0.417. The van der Waals surface area contributed by atoms with Gasteiger partial charge in [-0.2, -0.15) is 0 Å². The molecular formula is C24H31NO6. The van der Waals surface area contributed by atoms with E-state index in [1.165, 1.54) is 6.92 Å². The maximum Gasteiger partial charge on any atom is 0.339 e. The summed E-state index contributed by atoms with van der Waals surface area (Å²) in [4.78, 5) is 24.8. The van der Waals surface area contributed by atoms with E-state index in [0.717, 1.165) is 11.3 Å². The van der Waals surface area contributed by atoms with Crippen LogP contribution in [0.3, 0.4) is 0 Å². The van der Waals surface area contributed by atoms with Gasteiger partial charge in [-0.05, 0) is 55.7 Å². The van der Waals surface area contributed by atoms with Gasteiger partial charge < -0.3 is 24.3 Å². The number of carbonyl (C=O) groups excluding carboxylic acids is 2. The maximum absolute atomic E-state index is 12.5. The van der Waals surface area contributed by atoms with Crippen LogP contribution in [-0.4, -0.2) is 38.3 Å². The fourth-order valence-corrected chi connectivity index (χ4v) is 2.64. The smallest absolute Gasteiger partial charge is 0.339 e. The van der Waals surface area contributed by atoms with E-state index in [1.54, 1.807) is 25.3 Å². The van der Waals surface area contributed by atoms with Gasteiger partial charge in [-0.1, -0.05) is 26.0 Å². The highest BCUT2D eigenvalue weighted by atomic mass is 16.5. The Morgan fingerprint density at radius 2 is 1.68 bits per heavy atom. The van der Waals surface area contributed by atoms with Crippen molar-refractivity contribution in [3.05, 3.63) is 53.6 Å². The molecule has 1 atom stereocenters. The fourth-order valence-electron chi connectivity index (χ4n) is 2.64. The Labute approximate surface area is 183 Å². The van der Waals surface area contributed by atoms with Crippen molar-refractivity contribution in [1.29, 1.82) is 0 Å². The highest BCUT2D eigenvalue weighted by molar-refractivity contribution is 5.92. The Bertz CT molecular complexity index is 863. The molecule has 7 heteroatoms. The van der Waals surface area contributed by atoms with Gasteiger partial charge in [-0.15, -0.1) is 0 Å². The molecule has 168 valence electrons. The van der Waals surface area contributed by atoms with E-state index in [-0.39, 0.29) is 11.5 Å². The van der Waals surface area contributed by atoms with Crippen molar-refractivity contribution >= 4 is 11.9 Å². The van der Waals surface area contributed by atoms with Crippen LogP contribution in [0.4, 0.5) is 0 Å². The van der Waals surface area contributed by atoms with E-state index in [2.05, 4.69) is 5.32 Å². The minimum Gasteiger partial charge on any atom is -0.497 e. The normalized spacial score (nSPS) is 11.5. The molecule has 0 aromatic heterocycles. The van der Waals surface area contributed by atoms with Gasteiger partial charge in [0.25, 0.3) is 5.91 Å². The lowest BCUT2D eigenvalue weighted by atomic mass is 10.2. The lowest BCUT2D eigenvalue weighted by Gasteiger charge is -2.16. The quantitative estimate of drug-likeness (QED) is 0.544. The van der Waals surface area contributed by atoms with Gasteiger partial charge in [0, 0.05) is 6.54 Å². The molecule has 31 heavy (non-hydrogen) atoms. The second kappa shape index (κ2) is 11.8. The molecule has 0 aliphatic carbocycles. The first-order chi connectivity index (χ1) is 14.8. The SMILES string of the molecule is CCOc1cc(C(=O)OC(C)C(=O)NCc2ccc(OC)cc2)ccc1OCC(C)C. The molecule has 0 saturated carbocycles. The van der Waals surface area contributed by atoms with Gasteiger partial charge in [0.15, 0.2) is 17.6 Å². The second-order valence-electron chi connectivity index (χ2n) is 7.41. The van der Waals surface area contributed by atoms with Crippen molar-refractivity contribution in [2.75, 3.05) is 20.3 Å². The van der Waals surface area contributed by atoms with Crippen LogP contribution < -0.4 is 19.5 Å². The first kappa shape index (κ1) is 24.1. The third-order valence-electron chi connectivity index (χ3n) is 4.33. The second-order valence-corrected chi connectivity index (χ2v) is 7.41. The molecule has 0 saturated heterocycles. The van der Waals surface area contributed by atoms with Crippen molar-refractivity contribution in [2.24, 2.45) is 5.92 Å². The summed E-state index contributed by atoms with van der Waals surface area (Å²) in [5.41, 5.74) is 1.20. The van der Waals surface area contributed by atoms with Crippen molar-refractivity contribution < 1.29 is 28.5 Å². The number of nitrogens with one attached hydrogen (secondary N) is 1. The largest absolute Gasteiger partial charge is 0.497 e. The molecule has 0 fully saturated rings. The molecule has 2 rings (SSSR count). The Morgan fingerprint density at radius 3 is 2.29 bits per heavy atom. The monoisotopic (exact) mass is 429 g/mol. The van der Waals surface area contributed by atoms with Gasteiger partial charge in [0.1, 0.15) is 5.75 Å². The molecule has 1 amide bonds. The van der Waals surface area contributed by atoms with Crippen LogP contribution in [0.1, 0.15) is 43.6 Å². The first-order valence-electron chi connectivity index (χ1n) is 10.3. The molecule has 0 aliphatic rings. The zero-order chi connectivity index (χ0) is 22.8. The van der Waals surface area contributed by atoms with E-state index >= 15 is 0 Å². The van der Waals surface area contributed by atoms with Gasteiger partial charge in [-0.25, -0.2) is 4.79 Å². The molecule has 2 aromatic rings. The van der Waals surface area contributed by atoms with Gasteiger partial charge in [0.05, 0.1) is 25.9 Å². The molecule has 1 N–H and O–H groups in total. The third kappa shape index (κ3) is 7.51. The number of benzene rings is 2. The number of rotatable bonds is 11. The Morgan fingerprint density at radius 1 is 0.968 bits per heavy atom. The Kier molecular flexibility index (Phi) is 9.18. The van der Waals surface area contributed by atoms with Gasteiger partial charge >= 0.3 is 5.97 Å². The number of amides is 1. The number of hydrogen-bond acceptors (Lipinski definition) is 6. The lowest BCUT2D eigenvalue weighted by molar-refractivity contribution is -0.129. The van der Waals surface area contributed by atoms with Crippen molar-refractivity contribution in [3.8, 4) is 17.2 Å². The molecule has 0 heterocycles. The molecule has 1 unspecified atom stereocenters. The van der Waals surface area contributed by atoms with Crippen LogP contribution in [0.2, 0.25) is 0 Å². The number of ether oxygens (including phenoxy) is 4. The van der Waals surface area contributed by atoms with Crippen LogP contribution in [0.15, 0.2) is 42.5 Å². The highest BCUT2D eigenvalue weighted by Crippen LogP contribution is 2.29. The van der Waals surface area contributed by atoms with Crippen LogP contribution in [0, 0.1) is 5.92 Å². The summed E-state index contributed by atoms with van der Waals surface area (Å²) < 4.78 is 21.8. The summed E-state index contributed by atoms with van der Waals surface area (Å²) in [5.74, 6) is 1.14. The van der Waals surface area contributed by atoms with Crippen molar-refractivity contribution in [2.45, 2.75) is 40.3 Å². The maximum atomic E-state index is 12.5. The predicted molar refractivity (Wildman–Crippen MR) is 118 cm³/mol. The van der Waals surface area contributed by atoms with E-state index in [1.807, 2.05) is 45.0 Å². The van der Waals surface area contributed by atoms with Crippen molar-refractivity contribution in [1.82, 2.24) is 5.32 Å². The standard InChI is InChI=1S/C24H31NO6/c1-6-29-22-13-19(9-12-21(22)30-15-16(2)3)24(27)31-17(4)23(26)25-14-18-7-10-20(28-5)11-8-18/h7-13,16-17H,6,14-15H2,1-5H3,(H,25,26). The minimum atomic E-state index is -0.946. The van der Waals surface area contributed by atoms with Crippen LogP contribution in [0.25, 0.3) is 0 Å². The molecular weight excluding hydrogens is 398 g/mol. The Balaban J connectivity index is 1.95. The summed E-state index contributed by atoms with van der Waals surface area (Å²) in [6.07, 6.45) is -0.946. The van der Waals surface area contributed by atoms with Crippen molar-refractivity contribution in [3.63, 3.8) is 0 Å². The van der Waals surface area contributed by atoms with Gasteiger partial charge in [-0.3, -0.25) is 4.79 Å². The van der Waals surface area contributed by atoms with E-state index in [4.69, 9.17) is 18.9 Å². The van der Waals surface area contributed by atoms with E-state index in [0.29, 0.717) is 37.2 Å². The molecule has 2 aromatic carbocycles. The molecule has 0 spiro atoms. The Hall–Kier alpha value is -3.22. The zero-order valence-electron chi connectivity index (χ0n) is 18.8. The third-order valence-corrected chi connectivity index (χ3v) is 4.33. The van der Waals surface area contributed by atoms with E-state index < -0.39 is 12.1 Å².